The summed E-state index contributed by atoms with van der Waals surface area (Å²) in [5.41, 5.74) is 9.91. The molecule has 1 aromatic carbocycles. The molecule has 0 unspecified atom stereocenters. The maximum Gasteiger partial charge on any atom is 0.250 e. The minimum absolute atomic E-state index is 0.0554. The number of para-hydroxylation sites is 1. The fourth-order valence-electron chi connectivity index (χ4n) is 2.84. The molecule has 0 saturated carbocycles. The summed E-state index contributed by atoms with van der Waals surface area (Å²) >= 11 is 0. The van der Waals surface area contributed by atoms with Crippen molar-refractivity contribution in [2.24, 2.45) is 13.0 Å². The zero-order valence-electron chi connectivity index (χ0n) is 14.9. The standard InChI is InChI=1S/C20H24N4O/c1-14(2)9-10-17-19(15-11-12-23(3)18(25)13-15)22-24(20(17)21)16-7-5-4-6-8-16/h4-8,11-14H,9-10,21H2,1-3H3. The Morgan fingerprint density at radius 3 is 2.52 bits per heavy atom. The second-order valence-corrected chi connectivity index (χ2v) is 6.76. The molecular weight excluding hydrogens is 312 g/mol. The molecule has 2 N–H and O–H groups in total. The number of nitrogen functional groups attached to an aromatic ring is 1. The van der Waals surface area contributed by atoms with Crippen LogP contribution in [0.4, 0.5) is 5.82 Å². The van der Waals surface area contributed by atoms with E-state index in [1.54, 1.807) is 28.6 Å². The molecule has 0 aliphatic rings. The highest BCUT2D eigenvalue weighted by atomic mass is 16.1. The minimum atomic E-state index is -0.0554. The van der Waals surface area contributed by atoms with Crippen LogP contribution >= 0.6 is 0 Å². The predicted octanol–water partition coefficient (Wildman–Crippen LogP) is 3.41. The highest BCUT2D eigenvalue weighted by molar-refractivity contribution is 5.69. The fourth-order valence-corrected chi connectivity index (χ4v) is 2.84. The highest BCUT2D eigenvalue weighted by Gasteiger charge is 2.18. The van der Waals surface area contributed by atoms with Crippen LogP contribution in [0.2, 0.25) is 0 Å². The Hall–Kier alpha value is -2.82. The monoisotopic (exact) mass is 336 g/mol. The lowest BCUT2D eigenvalue weighted by atomic mass is 10.00. The second kappa shape index (κ2) is 6.97. The molecule has 0 aliphatic heterocycles. The molecule has 0 amide bonds. The summed E-state index contributed by atoms with van der Waals surface area (Å²) in [6.07, 6.45) is 3.62. The summed E-state index contributed by atoms with van der Waals surface area (Å²) < 4.78 is 3.32. The maximum absolute atomic E-state index is 12.0. The van der Waals surface area contributed by atoms with Crippen molar-refractivity contribution in [2.75, 3.05) is 5.73 Å². The molecule has 0 radical (unpaired) electrons. The van der Waals surface area contributed by atoms with Crippen LogP contribution in [0, 0.1) is 5.92 Å². The number of nitrogens with two attached hydrogens (primary N) is 1. The Kier molecular flexibility index (Phi) is 4.74. The quantitative estimate of drug-likeness (QED) is 0.776. The Morgan fingerprint density at radius 2 is 1.88 bits per heavy atom. The molecule has 0 fully saturated rings. The molecular formula is C20H24N4O. The van der Waals surface area contributed by atoms with Crippen molar-refractivity contribution in [1.82, 2.24) is 14.3 Å². The number of hydrogen-bond donors (Lipinski definition) is 1. The van der Waals surface area contributed by atoms with E-state index in [1.165, 1.54) is 0 Å². The summed E-state index contributed by atoms with van der Waals surface area (Å²) in [6.45, 7) is 4.38. The molecule has 0 bridgehead atoms. The fraction of sp³-hybridized carbons (Fsp3) is 0.300. The van der Waals surface area contributed by atoms with Crippen molar-refractivity contribution in [2.45, 2.75) is 26.7 Å². The average molecular weight is 336 g/mol. The van der Waals surface area contributed by atoms with Gasteiger partial charge in [-0.05, 0) is 37.0 Å². The molecule has 130 valence electrons. The van der Waals surface area contributed by atoms with E-state index < -0.39 is 0 Å². The average Bonchev–Trinajstić information content (AvgIpc) is 2.93. The van der Waals surface area contributed by atoms with Crippen LogP contribution in [0.1, 0.15) is 25.8 Å². The number of aromatic nitrogens is 3. The Balaban J connectivity index is 2.15. The molecule has 0 saturated heterocycles. The van der Waals surface area contributed by atoms with Gasteiger partial charge < -0.3 is 10.3 Å². The van der Waals surface area contributed by atoms with E-state index in [1.807, 2.05) is 36.4 Å². The molecule has 5 heteroatoms. The van der Waals surface area contributed by atoms with Gasteiger partial charge in [0.25, 0.3) is 5.56 Å². The van der Waals surface area contributed by atoms with Gasteiger partial charge in [0.05, 0.1) is 11.4 Å². The number of nitrogens with zero attached hydrogens (tertiary/aromatic N) is 3. The van der Waals surface area contributed by atoms with Gasteiger partial charge in [0.2, 0.25) is 0 Å². The Bertz CT molecular complexity index is 923. The molecule has 25 heavy (non-hydrogen) atoms. The van der Waals surface area contributed by atoms with Crippen LogP contribution in [0.3, 0.4) is 0 Å². The van der Waals surface area contributed by atoms with E-state index in [9.17, 15) is 4.79 Å². The van der Waals surface area contributed by atoms with Crippen molar-refractivity contribution >= 4 is 5.82 Å². The summed E-state index contributed by atoms with van der Waals surface area (Å²) in [6, 6.07) is 13.4. The van der Waals surface area contributed by atoms with Crippen molar-refractivity contribution in [1.29, 1.82) is 0 Å². The molecule has 0 aliphatic carbocycles. The van der Waals surface area contributed by atoms with Gasteiger partial charge in [-0.3, -0.25) is 4.79 Å². The predicted molar refractivity (Wildman–Crippen MR) is 102 cm³/mol. The van der Waals surface area contributed by atoms with Crippen LogP contribution < -0.4 is 11.3 Å². The van der Waals surface area contributed by atoms with Gasteiger partial charge in [0.15, 0.2) is 0 Å². The first-order valence-corrected chi connectivity index (χ1v) is 8.57. The van der Waals surface area contributed by atoms with Crippen molar-refractivity contribution in [3.05, 3.63) is 64.6 Å². The maximum atomic E-state index is 12.0. The zero-order chi connectivity index (χ0) is 18.0. The van der Waals surface area contributed by atoms with E-state index >= 15 is 0 Å². The van der Waals surface area contributed by atoms with Crippen LogP contribution in [0.25, 0.3) is 16.9 Å². The van der Waals surface area contributed by atoms with E-state index in [0.29, 0.717) is 11.7 Å². The Morgan fingerprint density at radius 1 is 1.16 bits per heavy atom. The topological polar surface area (TPSA) is 65.8 Å². The molecule has 2 aromatic heterocycles. The minimum Gasteiger partial charge on any atom is -0.383 e. The molecule has 5 nitrogen and oxygen atoms in total. The summed E-state index contributed by atoms with van der Waals surface area (Å²) in [5.74, 6) is 1.21. The van der Waals surface area contributed by atoms with Gasteiger partial charge >= 0.3 is 0 Å². The van der Waals surface area contributed by atoms with Gasteiger partial charge in [-0.25, -0.2) is 4.68 Å². The van der Waals surface area contributed by atoms with Gasteiger partial charge in [-0.2, -0.15) is 5.10 Å². The smallest absolute Gasteiger partial charge is 0.250 e. The molecule has 3 aromatic rings. The lowest BCUT2D eigenvalue weighted by Crippen LogP contribution is -2.14. The van der Waals surface area contributed by atoms with Crippen LogP contribution in [-0.4, -0.2) is 14.3 Å². The zero-order valence-corrected chi connectivity index (χ0v) is 14.9. The Labute approximate surface area is 147 Å². The van der Waals surface area contributed by atoms with Crippen LogP contribution in [0.5, 0.6) is 0 Å². The van der Waals surface area contributed by atoms with E-state index in [2.05, 4.69) is 13.8 Å². The van der Waals surface area contributed by atoms with Crippen LogP contribution in [0.15, 0.2) is 53.5 Å². The first-order valence-electron chi connectivity index (χ1n) is 8.57. The first-order chi connectivity index (χ1) is 12.0. The van der Waals surface area contributed by atoms with E-state index in [0.717, 1.165) is 35.3 Å². The lowest BCUT2D eigenvalue weighted by Gasteiger charge is -2.07. The van der Waals surface area contributed by atoms with Gasteiger partial charge in [0, 0.05) is 30.4 Å². The van der Waals surface area contributed by atoms with Crippen molar-refractivity contribution in [3.8, 4) is 16.9 Å². The number of rotatable bonds is 5. The summed E-state index contributed by atoms with van der Waals surface area (Å²) in [4.78, 5) is 12.0. The van der Waals surface area contributed by atoms with Gasteiger partial charge in [-0.15, -0.1) is 0 Å². The molecule has 0 atom stereocenters. The number of anilines is 1. The van der Waals surface area contributed by atoms with E-state index in [-0.39, 0.29) is 5.56 Å². The molecule has 0 spiro atoms. The number of hydrogen-bond acceptors (Lipinski definition) is 3. The third-order valence-electron chi connectivity index (χ3n) is 4.37. The normalized spacial score (nSPS) is 11.2. The van der Waals surface area contributed by atoms with Crippen LogP contribution in [-0.2, 0) is 13.5 Å². The lowest BCUT2D eigenvalue weighted by molar-refractivity contribution is 0.587. The third kappa shape index (κ3) is 3.50. The van der Waals surface area contributed by atoms with Gasteiger partial charge in [-0.1, -0.05) is 32.0 Å². The van der Waals surface area contributed by atoms with Crippen molar-refractivity contribution < 1.29 is 0 Å². The van der Waals surface area contributed by atoms with E-state index in [4.69, 9.17) is 10.8 Å². The molecule has 3 rings (SSSR count). The summed E-state index contributed by atoms with van der Waals surface area (Å²) in [5, 5.41) is 4.74. The number of pyridine rings is 1. The largest absolute Gasteiger partial charge is 0.383 e. The first kappa shape index (κ1) is 17.0. The summed E-state index contributed by atoms with van der Waals surface area (Å²) in [7, 11) is 1.74. The highest BCUT2D eigenvalue weighted by Crippen LogP contribution is 2.30. The number of aryl methyl sites for hydroxylation is 1. The number of benzene rings is 1. The van der Waals surface area contributed by atoms with Gasteiger partial charge in [0.1, 0.15) is 5.82 Å². The third-order valence-corrected chi connectivity index (χ3v) is 4.37. The molecule has 2 heterocycles. The SMILES string of the molecule is CC(C)CCc1c(-c2ccn(C)c(=O)c2)nn(-c2ccccc2)c1N. The van der Waals surface area contributed by atoms with Crippen molar-refractivity contribution in [3.63, 3.8) is 0 Å². The second-order valence-electron chi connectivity index (χ2n) is 6.76.